The van der Waals surface area contributed by atoms with Crippen LogP contribution in [0, 0.1) is 14.4 Å². The van der Waals surface area contributed by atoms with E-state index in [1.165, 1.54) is 5.56 Å². The van der Waals surface area contributed by atoms with Gasteiger partial charge in [0.05, 0.1) is 6.04 Å². The molecule has 5 nitrogen and oxygen atoms in total. The molecule has 1 atom stereocenters. The van der Waals surface area contributed by atoms with E-state index in [1.807, 2.05) is 25.1 Å². The number of nitrogens with one attached hydrogen (secondary N) is 1. The quantitative estimate of drug-likeness (QED) is 0.844. The largest absolute Gasteiger partial charge is 0.368 e. The molecule has 0 aliphatic heterocycles. The van der Waals surface area contributed by atoms with Gasteiger partial charge < -0.3 is 18.5 Å². The van der Waals surface area contributed by atoms with Crippen LogP contribution < -0.4 is 11.1 Å². The van der Waals surface area contributed by atoms with Gasteiger partial charge in [-0.25, -0.2) is 0 Å². The van der Waals surface area contributed by atoms with E-state index in [-0.39, 0.29) is 52.1 Å². The molecule has 0 bridgehead atoms. The number of hydrogen-bond donors (Lipinski definition) is 2. The van der Waals surface area contributed by atoms with Crippen LogP contribution in [-0.4, -0.2) is 15.0 Å². The fraction of sp³-hybridized carbons (Fsp3) is 0.231. The number of nitrogen functional groups attached to an aromatic ring is 1. The summed E-state index contributed by atoms with van der Waals surface area (Å²) in [7, 11) is 0. The molecule has 0 fully saturated rings. The van der Waals surface area contributed by atoms with Crippen LogP contribution in [0.5, 0.6) is 0 Å². The van der Waals surface area contributed by atoms with Gasteiger partial charge in [-0.2, -0.15) is 15.0 Å². The Hall–Kier alpha value is -1.07. The Morgan fingerprint density at radius 3 is 2.32 bits per heavy atom. The van der Waals surface area contributed by atoms with Crippen LogP contribution in [0.2, 0.25) is 0 Å². The fourth-order valence-electron chi connectivity index (χ4n) is 1.59. The first-order chi connectivity index (χ1) is 8.15. The summed E-state index contributed by atoms with van der Waals surface area (Å²) in [4.78, 5) is 12.2. The van der Waals surface area contributed by atoms with E-state index < -0.39 is 0 Å². The predicted octanol–water partition coefficient (Wildman–Crippen LogP) is 2.38. The van der Waals surface area contributed by atoms with Crippen LogP contribution in [0.3, 0.4) is 0 Å². The van der Waals surface area contributed by atoms with Crippen molar-refractivity contribution in [3.63, 3.8) is 0 Å². The molecule has 3 N–H and O–H groups in total. The van der Waals surface area contributed by atoms with E-state index in [0.29, 0.717) is 11.8 Å². The number of benzene rings is 1. The topological polar surface area (TPSA) is 76.7 Å². The third-order valence-corrected chi connectivity index (χ3v) is 2.41. The first-order valence-corrected chi connectivity index (χ1v) is 5.45. The smallest absolute Gasteiger partial charge is 0.228 e. The molecule has 2 aromatic rings. The summed E-state index contributed by atoms with van der Waals surface area (Å²) < 4.78 is 0. The Morgan fingerprint density at radius 1 is 1.11 bits per heavy atom. The summed E-state index contributed by atoms with van der Waals surface area (Å²) in [5, 5.41) is 3.20. The van der Waals surface area contributed by atoms with Crippen LogP contribution in [-0.2, 0) is 32.7 Å². The maximum atomic E-state index is 5.57. The molecular weight excluding hydrogens is 315 g/mol. The van der Waals surface area contributed by atoms with E-state index >= 15 is 0 Å². The Morgan fingerprint density at radius 2 is 1.74 bits per heavy atom. The van der Waals surface area contributed by atoms with Crippen molar-refractivity contribution in [3.8, 4) is 0 Å². The van der Waals surface area contributed by atoms with E-state index in [0.717, 1.165) is 0 Å². The molecule has 0 aliphatic rings. The normalized spacial score (nSPS) is 10.8. The number of nitrogens with zero attached hydrogens (tertiary/aromatic N) is 3. The SMILES string of the molecule is Cc1nc(N)nc(NC(C)c2ccccc2)n1.[CH3-].[Y]. The van der Waals surface area contributed by atoms with Gasteiger partial charge in [-0.1, -0.05) is 30.3 Å². The average Bonchev–Trinajstić information content (AvgIpc) is 2.28. The summed E-state index contributed by atoms with van der Waals surface area (Å²) in [5.41, 5.74) is 6.74. The van der Waals surface area contributed by atoms with Gasteiger partial charge in [-0.05, 0) is 19.4 Å². The van der Waals surface area contributed by atoms with Crippen molar-refractivity contribution in [1.82, 2.24) is 15.0 Å². The second-order valence-corrected chi connectivity index (χ2v) is 3.84. The average molecular weight is 333 g/mol. The third-order valence-electron chi connectivity index (χ3n) is 2.41. The Balaban J connectivity index is 0.00000162. The van der Waals surface area contributed by atoms with Crippen molar-refractivity contribution in [2.45, 2.75) is 19.9 Å². The molecule has 6 heteroatoms. The van der Waals surface area contributed by atoms with Crippen molar-refractivity contribution in [2.75, 3.05) is 11.1 Å². The van der Waals surface area contributed by atoms with Gasteiger partial charge in [0.15, 0.2) is 0 Å². The van der Waals surface area contributed by atoms with Gasteiger partial charge in [0.25, 0.3) is 0 Å². The molecule has 1 radical (unpaired) electrons. The van der Waals surface area contributed by atoms with Crippen molar-refractivity contribution in [1.29, 1.82) is 0 Å². The molecule has 1 heterocycles. The number of anilines is 2. The zero-order valence-corrected chi connectivity index (χ0v) is 14.3. The molecule has 0 saturated heterocycles. The van der Waals surface area contributed by atoms with Gasteiger partial charge >= 0.3 is 0 Å². The number of aromatic nitrogens is 3. The van der Waals surface area contributed by atoms with Crippen molar-refractivity contribution in [3.05, 3.63) is 49.1 Å². The Bertz CT molecular complexity index is 483. The number of aryl methyl sites for hydroxylation is 1. The molecular formula is C13H18N5Y-. The molecule has 1 unspecified atom stereocenters. The Kier molecular flexibility index (Phi) is 7.72. The maximum absolute atomic E-state index is 5.57. The number of nitrogens with two attached hydrogens (primary N) is 1. The summed E-state index contributed by atoms with van der Waals surface area (Å²) in [6.45, 7) is 3.83. The van der Waals surface area contributed by atoms with Crippen LogP contribution in [0.1, 0.15) is 24.4 Å². The first-order valence-electron chi connectivity index (χ1n) is 5.45. The van der Waals surface area contributed by atoms with E-state index in [9.17, 15) is 0 Å². The fourth-order valence-corrected chi connectivity index (χ4v) is 1.59. The summed E-state index contributed by atoms with van der Waals surface area (Å²) >= 11 is 0. The van der Waals surface area contributed by atoms with E-state index in [2.05, 4.69) is 32.4 Å². The van der Waals surface area contributed by atoms with E-state index in [1.54, 1.807) is 6.92 Å². The molecule has 0 saturated carbocycles. The third kappa shape index (κ3) is 5.21. The second-order valence-electron chi connectivity index (χ2n) is 3.84. The minimum absolute atomic E-state index is 0. The minimum Gasteiger partial charge on any atom is -0.368 e. The van der Waals surface area contributed by atoms with Crippen LogP contribution in [0.25, 0.3) is 0 Å². The number of hydrogen-bond acceptors (Lipinski definition) is 5. The second kappa shape index (κ2) is 8.17. The molecule has 0 amide bonds. The molecule has 19 heavy (non-hydrogen) atoms. The predicted molar refractivity (Wildman–Crippen MR) is 73.9 cm³/mol. The summed E-state index contributed by atoms with van der Waals surface area (Å²) in [6.07, 6.45) is 0. The summed E-state index contributed by atoms with van der Waals surface area (Å²) in [6, 6.07) is 10.2. The van der Waals surface area contributed by atoms with Gasteiger partial charge in [0.1, 0.15) is 5.82 Å². The monoisotopic (exact) mass is 333 g/mol. The number of rotatable bonds is 3. The standard InChI is InChI=1S/C12H15N5.CH3.Y/c1-8(10-6-4-3-5-7-10)14-12-16-9(2)15-11(13)17-12;;/h3-8H,1-2H3,(H3,13,14,15,16,17);1H3;/q;-1;. The van der Waals surface area contributed by atoms with E-state index in [4.69, 9.17) is 5.73 Å². The van der Waals surface area contributed by atoms with Gasteiger partial charge in [-0.15, -0.1) is 0 Å². The molecule has 0 aliphatic carbocycles. The minimum atomic E-state index is 0. The van der Waals surface area contributed by atoms with Gasteiger partial charge in [0, 0.05) is 32.7 Å². The Labute approximate surface area is 139 Å². The zero-order valence-electron chi connectivity index (χ0n) is 11.5. The molecule has 0 spiro atoms. The van der Waals surface area contributed by atoms with Crippen LogP contribution >= 0.6 is 0 Å². The maximum Gasteiger partial charge on any atom is 0.228 e. The van der Waals surface area contributed by atoms with Crippen molar-refractivity contribution in [2.24, 2.45) is 0 Å². The zero-order chi connectivity index (χ0) is 12.3. The van der Waals surface area contributed by atoms with Crippen LogP contribution in [0.15, 0.2) is 30.3 Å². The van der Waals surface area contributed by atoms with Crippen molar-refractivity contribution < 1.29 is 32.7 Å². The molecule has 1 aromatic carbocycles. The molecule has 2 rings (SSSR count). The van der Waals surface area contributed by atoms with Crippen molar-refractivity contribution >= 4 is 11.9 Å². The molecule has 1 aromatic heterocycles. The first kappa shape index (κ1) is 17.9. The molecule has 99 valence electrons. The van der Waals surface area contributed by atoms with Gasteiger partial charge in [0.2, 0.25) is 11.9 Å². The summed E-state index contributed by atoms with van der Waals surface area (Å²) in [5.74, 6) is 1.35. The van der Waals surface area contributed by atoms with Crippen LogP contribution in [0.4, 0.5) is 11.9 Å². The van der Waals surface area contributed by atoms with Gasteiger partial charge in [-0.3, -0.25) is 0 Å².